The van der Waals surface area contributed by atoms with Crippen LogP contribution < -0.4 is 11.1 Å². The highest BCUT2D eigenvalue weighted by atomic mass is 32.1. The fourth-order valence-corrected chi connectivity index (χ4v) is 1.76. The van der Waals surface area contributed by atoms with E-state index < -0.39 is 0 Å². The summed E-state index contributed by atoms with van der Waals surface area (Å²) in [5, 5.41) is 2.63. The first-order valence-corrected chi connectivity index (χ1v) is 6.57. The molecule has 1 amide bonds. The standard InChI is InChI=1S/C12H25N3OS/c1-10(2)9-15(8-6-11(13)17)7-4-5-12(16)14-3/h10H,4-9H2,1-3H3,(H2,13,17)(H,14,16). The minimum Gasteiger partial charge on any atom is -0.393 e. The maximum Gasteiger partial charge on any atom is 0.219 e. The number of nitrogens with one attached hydrogen (secondary N) is 1. The van der Waals surface area contributed by atoms with E-state index >= 15 is 0 Å². The molecular formula is C12H25N3OS. The Hall–Kier alpha value is -0.680. The van der Waals surface area contributed by atoms with Crippen LogP contribution >= 0.6 is 12.2 Å². The van der Waals surface area contributed by atoms with Gasteiger partial charge in [0.25, 0.3) is 0 Å². The highest BCUT2D eigenvalue weighted by molar-refractivity contribution is 7.80. The van der Waals surface area contributed by atoms with E-state index in [0.717, 1.165) is 32.5 Å². The van der Waals surface area contributed by atoms with Crippen molar-refractivity contribution in [1.82, 2.24) is 10.2 Å². The number of hydrogen-bond donors (Lipinski definition) is 2. The van der Waals surface area contributed by atoms with Gasteiger partial charge in [0.05, 0.1) is 4.99 Å². The van der Waals surface area contributed by atoms with Crippen molar-refractivity contribution in [3.63, 3.8) is 0 Å². The topological polar surface area (TPSA) is 58.4 Å². The number of carbonyl (C=O) groups is 1. The Morgan fingerprint density at radius 1 is 1.35 bits per heavy atom. The van der Waals surface area contributed by atoms with E-state index in [1.54, 1.807) is 7.05 Å². The van der Waals surface area contributed by atoms with Crippen LogP contribution in [0.2, 0.25) is 0 Å². The summed E-state index contributed by atoms with van der Waals surface area (Å²) in [6.07, 6.45) is 2.21. The third kappa shape index (κ3) is 10.2. The highest BCUT2D eigenvalue weighted by Gasteiger charge is 2.08. The summed E-state index contributed by atoms with van der Waals surface area (Å²) < 4.78 is 0. The van der Waals surface area contributed by atoms with E-state index in [-0.39, 0.29) is 5.91 Å². The van der Waals surface area contributed by atoms with Crippen molar-refractivity contribution in [2.24, 2.45) is 11.7 Å². The summed E-state index contributed by atoms with van der Waals surface area (Å²) in [6, 6.07) is 0. The minimum absolute atomic E-state index is 0.101. The molecule has 0 radical (unpaired) electrons. The molecule has 17 heavy (non-hydrogen) atoms. The lowest BCUT2D eigenvalue weighted by Gasteiger charge is -2.23. The molecule has 4 nitrogen and oxygen atoms in total. The van der Waals surface area contributed by atoms with E-state index in [1.165, 1.54) is 0 Å². The van der Waals surface area contributed by atoms with E-state index in [1.807, 2.05) is 0 Å². The Kier molecular flexibility index (Phi) is 8.99. The third-order valence-electron chi connectivity index (χ3n) is 2.45. The molecule has 0 aromatic rings. The van der Waals surface area contributed by atoms with Gasteiger partial charge in [0.1, 0.15) is 0 Å². The van der Waals surface area contributed by atoms with E-state index in [0.29, 0.717) is 17.3 Å². The number of nitrogens with zero attached hydrogens (tertiary/aromatic N) is 1. The molecule has 3 N–H and O–H groups in total. The molecule has 0 saturated carbocycles. The van der Waals surface area contributed by atoms with E-state index in [9.17, 15) is 4.79 Å². The number of nitrogens with two attached hydrogens (primary N) is 1. The zero-order chi connectivity index (χ0) is 13.3. The summed E-state index contributed by atoms with van der Waals surface area (Å²) in [5.74, 6) is 0.713. The van der Waals surface area contributed by atoms with E-state index in [4.69, 9.17) is 18.0 Å². The van der Waals surface area contributed by atoms with Crippen molar-refractivity contribution < 1.29 is 4.79 Å². The van der Waals surface area contributed by atoms with Crippen LogP contribution in [0.25, 0.3) is 0 Å². The number of hydrogen-bond acceptors (Lipinski definition) is 3. The number of rotatable bonds is 9. The molecule has 0 aliphatic carbocycles. The lowest BCUT2D eigenvalue weighted by atomic mass is 10.2. The van der Waals surface area contributed by atoms with Crippen molar-refractivity contribution in [3.05, 3.63) is 0 Å². The molecule has 0 aromatic heterocycles. The lowest BCUT2D eigenvalue weighted by molar-refractivity contribution is -0.120. The second-order valence-corrected chi connectivity index (χ2v) is 5.21. The minimum atomic E-state index is 0.101. The molecule has 0 aliphatic heterocycles. The molecular weight excluding hydrogens is 234 g/mol. The Bertz CT molecular complexity index is 244. The summed E-state index contributed by atoms with van der Waals surface area (Å²) >= 11 is 4.89. The van der Waals surface area contributed by atoms with Crippen molar-refractivity contribution in [2.45, 2.75) is 33.1 Å². The molecule has 0 aliphatic rings. The molecule has 0 rings (SSSR count). The predicted octanol–water partition coefficient (Wildman–Crippen LogP) is 1.15. The van der Waals surface area contributed by atoms with Gasteiger partial charge in [-0.15, -0.1) is 0 Å². The number of carbonyl (C=O) groups excluding carboxylic acids is 1. The summed E-state index contributed by atoms with van der Waals surface area (Å²) in [7, 11) is 1.67. The normalized spacial score (nSPS) is 10.9. The molecule has 0 saturated heterocycles. The molecule has 0 aromatic carbocycles. The summed E-state index contributed by atoms with van der Waals surface area (Å²) in [4.78, 5) is 14.0. The lowest BCUT2D eigenvalue weighted by Crippen LogP contribution is -2.32. The predicted molar refractivity (Wildman–Crippen MR) is 76.0 cm³/mol. The van der Waals surface area contributed by atoms with Crippen LogP contribution in [0.15, 0.2) is 0 Å². The smallest absolute Gasteiger partial charge is 0.219 e. The van der Waals surface area contributed by atoms with E-state index in [2.05, 4.69) is 24.1 Å². The van der Waals surface area contributed by atoms with Gasteiger partial charge < -0.3 is 16.0 Å². The Morgan fingerprint density at radius 2 is 2.00 bits per heavy atom. The largest absolute Gasteiger partial charge is 0.393 e. The maximum atomic E-state index is 11.1. The molecule has 0 heterocycles. The number of thiocarbonyl (C=S) groups is 1. The Balaban J connectivity index is 3.92. The second-order valence-electron chi connectivity index (χ2n) is 4.69. The molecule has 0 spiro atoms. The monoisotopic (exact) mass is 259 g/mol. The van der Waals surface area contributed by atoms with Crippen LogP contribution in [-0.2, 0) is 4.79 Å². The number of amides is 1. The zero-order valence-corrected chi connectivity index (χ0v) is 12.0. The highest BCUT2D eigenvalue weighted by Crippen LogP contribution is 2.03. The van der Waals surface area contributed by atoms with Crippen molar-refractivity contribution in [2.75, 3.05) is 26.7 Å². The van der Waals surface area contributed by atoms with Gasteiger partial charge in [-0.3, -0.25) is 4.79 Å². The Morgan fingerprint density at radius 3 is 2.47 bits per heavy atom. The van der Waals surface area contributed by atoms with Gasteiger partial charge in [0.2, 0.25) is 5.91 Å². The molecule has 100 valence electrons. The second kappa shape index (κ2) is 9.36. The fourth-order valence-electron chi connectivity index (χ4n) is 1.67. The van der Waals surface area contributed by atoms with Crippen LogP contribution in [-0.4, -0.2) is 42.5 Å². The molecule has 0 atom stereocenters. The molecule has 0 fully saturated rings. The van der Waals surface area contributed by atoms with Crippen molar-refractivity contribution in [1.29, 1.82) is 0 Å². The van der Waals surface area contributed by atoms with Crippen LogP contribution in [0.4, 0.5) is 0 Å². The van der Waals surface area contributed by atoms with Gasteiger partial charge in [-0.05, 0) is 18.9 Å². The van der Waals surface area contributed by atoms with Gasteiger partial charge >= 0.3 is 0 Å². The van der Waals surface area contributed by atoms with Crippen LogP contribution in [0, 0.1) is 5.92 Å². The average molecular weight is 259 g/mol. The molecule has 0 bridgehead atoms. The molecule has 5 heteroatoms. The SMILES string of the molecule is CNC(=O)CCCN(CCC(N)=S)CC(C)C. The maximum absolute atomic E-state index is 11.1. The van der Waals surface area contributed by atoms with Crippen LogP contribution in [0.1, 0.15) is 33.1 Å². The quantitative estimate of drug-likeness (QED) is 0.610. The summed E-state index contributed by atoms with van der Waals surface area (Å²) in [6.45, 7) is 7.21. The van der Waals surface area contributed by atoms with Gasteiger partial charge in [-0.1, -0.05) is 26.1 Å². The first-order chi connectivity index (χ1) is 7.95. The van der Waals surface area contributed by atoms with Gasteiger partial charge in [0.15, 0.2) is 0 Å². The van der Waals surface area contributed by atoms with Crippen LogP contribution in [0.3, 0.4) is 0 Å². The molecule has 0 unspecified atom stereocenters. The summed E-state index contributed by atoms with van der Waals surface area (Å²) in [5.41, 5.74) is 5.51. The van der Waals surface area contributed by atoms with Crippen LogP contribution in [0.5, 0.6) is 0 Å². The zero-order valence-electron chi connectivity index (χ0n) is 11.2. The third-order valence-corrected chi connectivity index (χ3v) is 2.66. The average Bonchev–Trinajstić information content (AvgIpc) is 2.24. The van der Waals surface area contributed by atoms with Gasteiger partial charge in [0, 0.05) is 33.0 Å². The van der Waals surface area contributed by atoms with Crippen molar-refractivity contribution in [3.8, 4) is 0 Å². The van der Waals surface area contributed by atoms with Gasteiger partial charge in [-0.2, -0.15) is 0 Å². The van der Waals surface area contributed by atoms with Gasteiger partial charge in [-0.25, -0.2) is 0 Å². The first-order valence-electron chi connectivity index (χ1n) is 6.17. The fraction of sp³-hybridized carbons (Fsp3) is 0.833. The van der Waals surface area contributed by atoms with Crippen molar-refractivity contribution >= 4 is 23.1 Å². The first kappa shape index (κ1) is 16.3. The Labute approximate surface area is 110 Å².